The lowest BCUT2D eigenvalue weighted by Crippen LogP contribution is -2.17. The molecule has 0 radical (unpaired) electrons. The molecule has 0 aliphatic heterocycles. The highest BCUT2D eigenvalue weighted by Gasteiger charge is 2.08. The summed E-state index contributed by atoms with van der Waals surface area (Å²) in [6.07, 6.45) is 6.01. The van der Waals surface area contributed by atoms with Crippen molar-refractivity contribution in [3.8, 4) is 23.0 Å². The van der Waals surface area contributed by atoms with Crippen molar-refractivity contribution in [2.24, 2.45) is 10.2 Å². The van der Waals surface area contributed by atoms with E-state index in [1.54, 1.807) is 47.1 Å². The highest BCUT2D eigenvalue weighted by molar-refractivity contribution is 5.75. The topological polar surface area (TPSA) is 94.4 Å². The smallest absolute Gasteiger partial charge is 0.147 e. The molecule has 0 amide bonds. The Morgan fingerprint density at radius 3 is 1.15 bits per heavy atom. The van der Waals surface area contributed by atoms with Gasteiger partial charge in [-0.05, 0) is 95.1 Å². The Labute approximate surface area is 317 Å². The minimum Gasteiger partial charge on any atom is -0.497 e. The van der Waals surface area contributed by atoms with Crippen LogP contribution in [0.5, 0.6) is 23.0 Å². The summed E-state index contributed by atoms with van der Waals surface area (Å²) in [7, 11) is 6.67. The van der Waals surface area contributed by atoms with Crippen LogP contribution in [0.15, 0.2) is 147 Å². The first-order valence-corrected chi connectivity index (χ1v) is 17.7. The molecular formula is C44H48N4O6. The van der Waals surface area contributed by atoms with Crippen LogP contribution < -0.4 is 18.9 Å². The SMILES string of the molecule is CCc1ccc(/C=N\N(Cc2ccc(OC)cc2)Cc2ccc(OC)cc2)o1.COc1ccc(CN(Cc2ccc(OC)cc2)/N=C/c2ccco2)cc1. The molecule has 2 heterocycles. The highest BCUT2D eigenvalue weighted by Crippen LogP contribution is 2.19. The average Bonchev–Trinajstić information content (AvgIpc) is 3.93. The van der Waals surface area contributed by atoms with Crippen molar-refractivity contribution in [2.45, 2.75) is 39.5 Å². The number of aryl methyl sites for hydroxylation is 1. The summed E-state index contributed by atoms with van der Waals surface area (Å²) in [6, 6.07) is 39.7. The van der Waals surface area contributed by atoms with Crippen LogP contribution in [0.3, 0.4) is 0 Å². The second-order valence-corrected chi connectivity index (χ2v) is 12.2. The number of methoxy groups -OCH3 is 4. The quantitative estimate of drug-likeness (QED) is 0.0678. The molecule has 10 nitrogen and oxygen atoms in total. The lowest BCUT2D eigenvalue weighted by atomic mass is 10.2. The maximum absolute atomic E-state index is 5.74. The van der Waals surface area contributed by atoms with Crippen molar-refractivity contribution in [1.29, 1.82) is 0 Å². The average molecular weight is 729 g/mol. The van der Waals surface area contributed by atoms with Crippen LogP contribution in [0.25, 0.3) is 0 Å². The number of hydrogen-bond donors (Lipinski definition) is 0. The van der Waals surface area contributed by atoms with E-state index in [1.807, 2.05) is 107 Å². The number of hydrogen-bond acceptors (Lipinski definition) is 10. The summed E-state index contributed by atoms with van der Waals surface area (Å²) < 4.78 is 32.0. The molecule has 4 aromatic carbocycles. The molecule has 2 aromatic heterocycles. The van der Waals surface area contributed by atoms with Crippen LogP contribution in [-0.2, 0) is 32.6 Å². The Morgan fingerprint density at radius 1 is 0.481 bits per heavy atom. The van der Waals surface area contributed by atoms with Gasteiger partial charge in [0.1, 0.15) is 40.3 Å². The van der Waals surface area contributed by atoms with Gasteiger partial charge in [-0.3, -0.25) is 10.0 Å². The summed E-state index contributed by atoms with van der Waals surface area (Å²) >= 11 is 0. The van der Waals surface area contributed by atoms with E-state index in [2.05, 4.69) is 41.4 Å². The molecule has 0 aliphatic rings. The van der Waals surface area contributed by atoms with Crippen LogP contribution >= 0.6 is 0 Å². The van der Waals surface area contributed by atoms with Crippen molar-refractivity contribution in [3.05, 3.63) is 167 Å². The normalized spacial score (nSPS) is 10.9. The van der Waals surface area contributed by atoms with Crippen LogP contribution in [0.4, 0.5) is 0 Å². The molecule has 0 aliphatic carbocycles. The zero-order chi connectivity index (χ0) is 38.0. The molecular weight excluding hydrogens is 681 g/mol. The highest BCUT2D eigenvalue weighted by atomic mass is 16.5. The van der Waals surface area contributed by atoms with Gasteiger partial charge >= 0.3 is 0 Å². The maximum atomic E-state index is 5.74. The van der Waals surface area contributed by atoms with Crippen LogP contribution in [0.2, 0.25) is 0 Å². The number of benzene rings is 4. The first-order valence-electron chi connectivity index (χ1n) is 17.7. The molecule has 0 saturated carbocycles. The summed E-state index contributed by atoms with van der Waals surface area (Å²) in [5, 5.41) is 13.3. The molecule has 0 spiro atoms. The molecule has 6 rings (SSSR count). The van der Waals surface area contributed by atoms with Gasteiger partial charge in [-0.25, -0.2) is 0 Å². The molecule has 280 valence electrons. The van der Waals surface area contributed by atoms with E-state index >= 15 is 0 Å². The van der Waals surface area contributed by atoms with Crippen molar-refractivity contribution < 1.29 is 27.8 Å². The predicted molar refractivity (Wildman–Crippen MR) is 212 cm³/mol. The van der Waals surface area contributed by atoms with E-state index in [4.69, 9.17) is 27.8 Å². The lowest BCUT2D eigenvalue weighted by Gasteiger charge is -2.19. The van der Waals surface area contributed by atoms with E-state index in [1.165, 1.54) is 0 Å². The number of nitrogens with zero attached hydrogens (tertiary/aromatic N) is 4. The molecule has 0 unspecified atom stereocenters. The summed E-state index contributed by atoms with van der Waals surface area (Å²) in [4.78, 5) is 0. The first kappa shape index (κ1) is 38.8. The maximum Gasteiger partial charge on any atom is 0.147 e. The Morgan fingerprint density at radius 2 is 0.852 bits per heavy atom. The molecule has 6 aromatic rings. The third-order valence-corrected chi connectivity index (χ3v) is 8.37. The monoisotopic (exact) mass is 728 g/mol. The van der Waals surface area contributed by atoms with Gasteiger partial charge < -0.3 is 27.8 Å². The van der Waals surface area contributed by atoms with E-state index in [0.29, 0.717) is 26.2 Å². The summed E-state index contributed by atoms with van der Waals surface area (Å²) in [5.41, 5.74) is 4.60. The van der Waals surface area contributed by atoms with Gasteiger partial charge in [0.05, 0.1) is 73.3 Å². The Hall–Kier alpha value is -6.42. The van der Waals surface area contributed by atoms with Crippen molar-refractivity contribution in [1.82, 2.24) is 10.0 Å². The van der Waals surface area contributed by atoms with E-state index < -0.39 is 0 Å². The molecule has 10 heteroatoms. The Kier molecular flexibility index (Phi) is 14.8. The number of ether oxygens (including phenoxy) is 4. The van der Waals surface area contributed by atoms with Gasteiger partial charge in [0.25, 0.3) is 0 Å². The lowest BCUT2D eigenvalue weighted by molar-refractivity contribution is 0.271. The second kappa shape index (κ2) is 20.6. The minimum atomic E-state index is 0.674. The molecule has 54 heavy (non-hydrogen) atoms. The molecule has 0 fully saturated rings. The van der Waals surface area contributed by atoms with E-state index in [9.17, 15) is 0 Å². The van der Waals surface area contributed by atoms with Gasteiger partial charge in [-0.1, -0.05) is 55.5 Å². The Bertz CT molecular complexity index is 1890. The molecule has 0 saturated heterocycles. The van der Waals surface area contributed by atoms with Crippen LogP contribution in [0, 0.1) is 0 Å². The first-order chi connectivity index (χ1) is 26.5. The van der Waals surface area contributed by atoms with Gasteiger partial charge in [-0.15, -0.1) is 0 Å². The van der Waals surface area contributed by atoms with E-state index in [0.717, 1.165) is 69.0 Å². The fourth-order valence-electron chi connectivity index (χ4n) is 5.34. The molecule has 0 N–H and O–H groups in total. The predicted octanol–water partition coefficient (Wildman–Crippen LogP) is 9.23. The summed E-state index contributed by atoms with van der Waals surface area (Å²) in [6.45, 7) is 4.77. The van der Waals surface area contributed by atoms with E-state index in [-0.39, 0.29) is 0 Å². The minimum absolute atomic E-state index is 0.674. The van der Waals surface area contributed by atoms with Gasteiger partial charge in [-0.2, -0.15) is 10.2 Å². The zero-order valence-electron chi connectivity index (χ0n) is 31.6. The molecule has 0 atom stereocenters. The number of rotatable bonds is 17. The van der Waals surface area contributed by atoms with Gasteiger partial charge in [0.15, 0.2) is 0 Å². The second-order valence-electron chi connectivity index (χ2n) is 12.2. The van der Waals surface area contributed by atoms with Crippen molar-refractivity contribution in [3.63, 3.8) is 0 Å². The van der Waals surface area contributed by atoms with Gasteiger partial charge in [0.2, 0.25) is 0 Å². The van der Waals surface area contributed by atoms with Crippen molar-refractivity contribution in [2.75, 3.05) is 28.4 Å². The van der Waals surface area contributed by atoms with Crippen LogP contribution in [-0.4, -0.2) is 50.9 Å². The largest absolute Gasteiger partial charge is 0.497 e. The third kappa shape index (κ3) is 12.4. The van der Waals surface area contributed by atoms with Crippen LogP contribution in [0.1, 0.15) is 46.5 Å². The summed E-state index contributed by atoms with van der Waals surface area (Å²) in [5.74, 6) is 5.81. The fraction of sp³-hybridized carbons (Fsp3) is 0.227. The third-order valence-electron chi connectivity index (χ3n) is 8.37. The zero-order valence-corrected chi connectivity index (χ0v) is 31.6. The molecule has 0 bridgehead atoms. The number of hydrazone groups is 2. The number of furan rings is 2. The van der Waals surface area contributed by atoms with Gasteiger partial charge in [0, 0.05) is 6.42 Å². The fourth-order valence-corrected chi connectivity index (χ4v) is 5.34. The van der Waals surface area contributed by atoms with Crippen molar-refractivity contribution >= 4 is 12.4 Å². The standard InChI is InChI=1S/C23H26N2O3.C21H22N2O3/c1-4-20-13-14-23(28-20)15-24-25(16-18-5-9-21(26-2)10-6-18)17-19-7-11-22(27-3)12-8-19;1-24-19-9-5-17(6-10-19)15-23(22-14-21-4-3-13-26-21)16-18-7-11-20(25-2)12-8-18/h5-15H,4,16-17H2,1-3H3;3-14H,15-16H2,1-2H3/b24-15-;22-14+. The Balaban J connectivity index is 0.000000208.